The molecule has 0 aliphatic carbocycles. The van der Waals surface area contributed by atoms with Crippen LogP contribution in [0.2, 0.25) is 0 Å². The van der Waals surface area contributed by atoms with Crippen molar-refractivity contribution in [2.75, 3.05) is 20.3 Å². The van der Waals surface area contributed by atoms with E-state index in [0.717, 1.165) is 25.1 Å². The molecule has 0 saturated heterocycles. The van der Waals surface area contributed by atoms with Crippen LogP contribution in [-0.2, 0) is 17.7 Å². The maximum Gasteiger partial charge on any atom is 0.251 e. The molecule has 8 nitrogen and oxygen atoms in total. The summed E-state index contributed by atoms with van der Waals surface area (Å²) >= 11 is 0. The molecule has 1 atom stereocenters. The molecular weight excluding hydrogens is 310 g/mol. The van der Waals surface area contributed by atoms with Gasteiger partial charge in [-0.05, 0) is 41.5 Å². The van der Waals surface area contributed by atoms with E-state index in [1.54, 1.807) is 23.9 Å². The third-order valence-electron chi connectivity index (χ3n) is 4.00. The maximum atomic E-state index is 12.5. The zero-order valence-electron chi connectivity index (χ0n) is 13.6. The van der Waals surface area contributed by atoms with E-state index in [-0.39, 0.29) is 11.9 Å². The first kappa shape index (κ1) is 16.4. The van der Waals surface area contributed by atoms with Crippen molar-refractivity contribution in [3.05, 3.63) is 35.7 Å². The van der Waals surface area contributed by atoms with Crippen molar-refractivity contribution in [1.82, 2.24) is 25.5 Å². The number of ether oxygens (including phenoxy) is 2. The van der Waals surface area contributed by atoms with Gasteiger partial charge in [-0.1, -0.05) is 6.07 Å². The van der Waals surface area contributed by atoms with Gasteiger partial charge in [0.1, 0.15) is 12.4 Å². The number of benzene rings is 1. The van der Waals surface area contributed by atoms with Gasteiger partial charge < -0.3 is 14.8 Å². The summed E-state index contributed by atoms with van der Waals surface area (Å²) in [5.74, 6) is 1.44. The van der Waals surface area contributed by atoms with Crippen LogP contribution >= 0.6 is 0 Å². The number of nitrogens with zero attached hydrogens (tertiary/aromatic N) is 4. The van der Waals surface area contributed by atoms with Crippen molar-refractivity contribution in [2.24, 2.45) is 0 Å². The molecule has 1 aliphatic heterocycles. The van der Waals surface area contributed by atoms with Crippen LogP contribution in [0.3, 0.4) is 0 Å². The van der Waals surface area contributed by atoms with Gasteiger partial charge in [0.2, 0.25) is 0 Å². The highest BCUT2D eigenvalue weighted by molar-refractivity contribution is 5.94. The topological polar surface area (TPSA) is 91.2 Å². The Morgan fingerprint density at radius 3 is 3.17 bits per heavy atom. The molecule has 0 radical (unpaired) electrons. The Morgan fingerprint density at radius 1 is 1.38 bits per heavy atom. The van der Waals surface area contributed by atoms with E-state index in [1.807, 2.05) is 12.1 Å². The van der Waals surface area contributed by atoms with E-state index < -0.39 is 0 Å². The van der Waals surface area contributed by atoms with Gasteiger partial charge in [-0.25, -0.2) is 4.68 Å². The fourth-order valence-electron chi connectivity index (χ4n) is 2.68. The number of fused-ring (bicyclic) bond motifs is 1. The molecule has 1 aromatic heterocycles. The third-order valence-corrected chi connectivity index (χ3v) is 4.00. The van der Waals surface area contributed by atoms with Crippen molar-refractivity contribution in [3.63, 3.8) is 0 Å². The van der Waals surface area contributed by atoms with Crippen LogP contribution in [0.4, 0.5) is 0 Å². The lowest BCUT2D eigenvalue weighted by atomic mass is 10.1. The smallest absolute Gasteiger partial charge is 0.251 e. The van der Waals surface area contributed by atoms with Gasteiger partial charge in [0.25, 0.3) is 5.91 Å². The number of carbonyl (C=O) groups excluding carboxylic acids is 1. The molecule has 1 unspecified atom stereocenters. The molecule has 24 heavy (non-hydrogen) atoms. The second kappa shape index (κ2) is 7.87. The number of aromatic nitrogens is 4. The molecule has 8 heteroatoms. The van der Waals surface area contributed by atoms with E-state index >= 15 is 0 Å². The van der Waals surface area contributed by atoms with Gasteiger partial charge in [-0.3, -0.25) is 4.79 Å². The Labute approximate surface area is 140 Å². The first-order chi connectivity index (χ1) is 11.8. The Morgan fingerprint density at radius 2 is 2.29 bits per heavy atom. The molecule has 0 bridgehead atoms. The average Bonchev–Trinajstić information content (AvgIpc) is 2.97. The molecule has 0 fully saturated rings. The number of carbonyl (C=O) groups is 1. The van der Waals surface area contributed by atoms with Gasteiger partial charge in [-0.2, -0.15) is 0 Å². The summed E-state index contributed by atoms with van der Waals surface area (Å²) in [5.41, 5.74) is 0.590. The van der Waals surface area contributed by atoms with E-state index in [2.05, 4.69) is 20.8 Å². The van der Waals surface area contributed by atoms with E-state index in [1.165, 1.54) is 0 Å². The predicted octanol–water partition coefficient (Wildman–Crippen LogP) is 0.833. The van der Waals surface area contributed by atoms with E-state index in [9.17, 15) is 4.79 Å². The molecule has 1 aliphatic rings. The fraction of sp³-hybridized carbons (Fsp3) is 0.500. The van der Waals surface area contributed by atoms with Gasteiger partial charge in [-0.15, -0.1) is 5.10 Å². The zero-order chi connectivity index (χ0) is 16.8. The molecule has 0 spiro atoms. The molecule has 2 aromatic rings. The minimum absolute atomic E-state index is 0.0946. The number of nitrogens with one attached hydrogen (secondary N) is 1. The lowest BCUT2D eigenvalue weighted by Gasteiger charge is -2.16. The number of rotatable bonds is 6. The van der Waals surface area contributed by atoms with Crippen molar-refractivity contribution < 1.29 is 14.3 Å². The number of hydrogen-bond acceptors (Lipinski definition) is 6. The summed E-state index contributed by atoms with van der Waals surface area (Å²) in [5, 5.41) is 14.7. The fourth-order valence-corrected chi connectivity index (χ4v) is 2.68. The molecule has 3 rings (SSSR count). The first-order valence-corrected chi connectivity index (χ1v) is 8.04. The standard InChI is InChI=1S/C16H21N5O3/c1-23-9-10-24-14-4-2-3-12(11-14)16(22)17-13-5-6-15-18-19-20-21(15)8-7-13/h2-4,11,13H,5-10H2,1H3,(H,17,22). The Kier molecular flexibility index (Phi) is 5.37. The largest absolute Gasteiger partial charge is 0.491 e. The number of tetrazole rings is 1. The SMILES string of the molecule is COCCOc1cccc(C(=O)NC2CCc3nnnn3CC2)c1. The predicted molar refractivity (Wildman–Crippen MR) is 85.8 cm³/mol. The summed E-state index contributed by atoms with van der Waals surface area (Å²) in [7, 11) is 1.62. The normalized spacial score (nSPS) is 17.0. The van der Waals surface area contributed by atoms with Crippen molar-refractivity contribution in [1.29, 1.82) is 0 Å². The number of hydrogen-bond donors (Lipinski definition) is 1. The van der Waals surface area contributed by atoms with Crippen LogP contribution in [0, 0.1) is 0 Å². The van der Waals surface area contributed by atoms with E-state index in [4.69, 9.17) is 9.47 Å². The number of amides is 1. The second-order valence-corrected chi connectivity index (χ2v) is 5.69. The molecular formula is C16H21N5O3. The molecule has 1 amide bonds. The summed E-state index contributed by atoms with van der Waals surface area (Å²) in [6.07, 6.45) is 2.40. The van der Waals surface area contributed by atoms with Crippen LogP contribution in [0.25, 0.3) is 0 Å². The monoisotopic (exact) mass is 331 g/mol. The lowest BCUT2D eigenvalue weighted by molar-refractivity contribution is 0.0932. The zero-order valence-corrected chi connectivity index (χ0v) is 13.6. The van der Waals surface area contributed by atoms with Crippen LogP contribution in [0.15, 0.2) is 24.3 Å². The van der Waals surface area contributed by atoms with Gasteiger partial charge >= 0.3 is 0 Å². The Balaban J connectivity index is 1.56. The summed E-state index contributed by atoms with van der Waals surface area (Å²) < 4.78 is 12.3. The summed E-state index contributed by atoms with van der Waals surface area (Å²) in [4.78, 5) is 12.5. The van der Waals surface area contributed by atoms with Crippen LogP contribution in [0.1, 0.15) is 29.0 Å². The van der Waals surface area contributed by atoms with E-state index in [0.29, 0.717) is 31.1 Å². The maximum absolute atomic E-state index is 12.5. The second-order valence-electron chi connectivity index (χ2n) is 5.69. The van der Waals surface area contributed by atoms with Crippen LogP contribution in [0.5, 0.6) is 5.75 Å². The van der Waals surface area contributed by atoms with Gasteiger partial charge in [0.15, 0.2) is 5.82 Å². The molecule has 2 heterocycles. The minimum atomic E-state index is -0.0946. The quantitative estimate of drug-likeness (QED) is 0.789. The molecule has 1 aromatic carbocycles. The third kappa shape index (κ3) is 4.08. The Hall–Kier alpha value is -2.48. The minimum Gasteiger partial charge on any atom is -0.491 e. The molecule has 1 N–H and O–H groups in total. The lowest BCUT2D eigenvalue weighted by Crippen LogP contribution is -2.35. The van der Waals surface area contributed by atoms with Crippen molar-refractivity contribution in [3.8, 4) is 5.75 Å². The average molecular weight is 331 g/mol. The molecule has 128 valence electrons. The highest BCUT2D eigenvalue weighted by Gasteiger charge is 2.20. The summed E-state index contributed by atoms with van der Waals surface area (Å²) in [6.45, 7) is 1.68. The van der Waals surface area contributed by atoms with Gasteiger partial charge in [0.05, 0.1) is 6.61 Å². The first-order valence-electron chi connectivity index (χ1n) is 8.04. The highest BCUT2D eigenvalue weighted by atomic mass is 16.5. The van der Waals surface area contributed by atoms with Gasteiger partial charge in [0, 0.05) is 31.7 Å². The molecule has 0 saturated carbocycles. The van der Waals surface area contributed by atoms with Crippen molar-refractivity contribution >= 4 is 5.91 Å². The Bertz CT molecular complexity index is 665. The summed E-state index contributed by atoms with van der Waals surface area (Å²) in [6, 6.07) is 7.27. The number of methoxy groups -OCH3 is 1. The number of aryl methyl sites for hydroxylation is 2. The van der Waals surface area contributed by atoms with Crippen LogP contribution in [-0.4, -0.2) is 52.5 Å². The van der Waals surface area contributed by atoms with Crippen LogP contribution < -0.4 is 10.1 Å². The highest BCUT2D eigenvalue weighted by Crippen LogP contribution is 2.15. The van der Waals surface area contributed by atoms with Crippen molar-refractivity contribution in [2.45, 2.75) is 31.8 Å².